The molecule has 0 aliphatic heterocycles. The van der Waals surface area contributed by atoms with Crippen LogP contribution in [0, 0.1) is 0 Å². The van der Waals surface area contributed by atoms with E-state index in [0.29, 0.717) is 35.8 Å². The minimum Gasteiger partial charge on any atom is -0.494 e. The smallest absolute Gasteiger partial charge is 0.343 e. The molecule has 0 radical (unpaired) electrons. The number of esters is 2. The fourth-order valence-electron chi connectivity index (χ4n) is 5.01. The van der Waals surface area contributed by atoms with Crippen molar-refractivity contribution >= 4 is 11.9 Å². The molecule has 0 bridgehead atoms. The van der Waals surface area contributed by atoms with Gasteiger partial charge in [-0.1, -0.05) is 70.2 Å². The molecule has 0 saturated carbocycles. The molecule has 4 rings (SSSR count). The first-order valence-electron chi connectivity index (χ1n) is 17.1. The average Bonchev–Trinajstić information content (AvgIpc) is 3.10. The Morgan fingerprint density at radius 2 is 0.766 bits per heavy atom. The molecule has 4 aromatic carbocycles. The van der Waals surface area contributed by atoms with Crippen LogP contribution in [0.5, 0.6) is 23.0 Å². The zero-order valence-corrected chi connectivity index (χ0v) is 27.9. The molecule has 47 heavy (non-hydrogen) atoms. The number of benzene rings is 4. The molecule has 6 heteroatoms. The maximum Gasteiger partial charge on any atom is 0.343 e. The van der Waals surface area contributed by atoms with Crippen LogP contribution in [0.4, 0.5) is 0 Å². The van der Waals surface area contributed by atoms with Gasteiger partial charge in [0.15, 0.2) is 0 Å². The van der Waals surface area contributed by atoms with E-state index in [4.69, 9.17) is 18.9 Å². The third-order valence-electron chi connectivity index (χ3n) is 7.91. The number of ether oxygens (including phenoxy) is 4. The first-order chi connectivity index (χ1) is 23.0. The van der Waals surface area contributed by atoms with Crippen LogP contribution in [0.3, 0.4) is 0 Å². The van der Waals surface area contributed by atoms with Crippen molar-refractivity contribution in [2.45, 2.75) is 84.5 Å². The van der Waals surface area contributed by atoms with Crippen LogP contribution < -0.4 is 18.9 Å². The molecular weight excluding hydrogens is 588 g/mol. The summed E-state index contributed by atoms with van der Waals surface area (Å²) in [6, 6.07) is 29.8. The first-order valence-corrected chi connectivity index (χ1v) is 17.1. The lowest BCUT2D eigenvalue weighted by Crippen LogP contribution is -2.08. The predicted molar refractivity (Wildman–Crippen MR) is 187 cm³/mol. The van der Waals surface area contributed by atoms with Crippen LogP contribution >= 0.6 is 0 Å². The third-order valence-corrected chi connectivity index (χ3v) is 7.91. The van der Waals surface area contributed by atoms with Crippen molar-refractivity contribution in [1.29, 1.82) is 0 Å². The van der Waals surface area contributed by atoms with Gasteiger partial charge in [-0.2, -0.15) is 0 Å². The fraction of sp³-hybridized carbons (Fsp3) is 0.366. The lowest BCUT2D eigenvalue weighted by Gasteiger charge is -2.08. The van der Waals surface area contributed by atoms with E-state index in [-0.39, 0.29) is 11.9 Å². The van der Waals surface area contributed by atoms with Crippen LogP contribution in [-0.4, -0.2) is 25.2 Å². The lowest BCUT2D eigenvalue weighted by atomic mass is 10.0. The monoisotopic (exact) mass is 636 g/mol. The zero-order chi connectivity index (χ0) is 33.1. The summed E-state index contributed by atoms with van der Waals surface area (Å²) in [6.45, 7) is 5.60. The van der Waals surface area contributed by atoms with E-state index in [1.807, 2.05) is 48.5 Å². The van der Waals surface area contributed by atoms with Crippen LogP contribution in [0.2, 0.25) is 0 Å². The molecular formula is C41H48O6. The Labute approximate surface area is 280 Å². The van der Waals surface area contributed by atoms with Crippen molar-refractivity contribution in [2.24, 2.45) is 0 Å². The summed E-state index contributed by atoms with van der Waals surface area (Å²) in [4.78, 5) is 25.0. The van der Waals surface area contributed by atoms with Crippen molar-refractivity contribution < 1.29 is 28.5 Å². The Kier molecular flexibility index (Phi) is 14.9. The summed E-state index contributed by atoms with van der Waals surface area (Å²) >= 11 is 0. The molecule has 0 atom stereocenters. The summed E-state index contributed by atoms with van der Waals surface area (Å²) < 4.78 is 22.4. The molecule has 0 unspecified atom stereocenters. The standard InChI is InChI=1S/C41H48O6/c1-3-5-30-44-36-26-18-34(19-27-36)40(42)46-38-22-14-32(15-23-38)12-10-8-7-9-11-13-33-16-24-39(25-17-33)47-41(43)35-20-28-37(29-21-35)45-31-6-4-2/h14-29H,3-13,30-31H2,1-2H3. The topological polar surface area (TPSA) is 71.1 Å². The number of hydrogen-bond donors (Lipinski definition) is 0. The highest BCUT2D eigenvalue weighted by Crippen LogP contribution is 2.20. The zero-order valence-electron chi connectivity index (χ0n) is 27.9. The SMILES string of the molecule is CCCCOc1ccc(C(=O)Oc2ccc(CCCCCCCc3ccc(OC(=O)c4ccc(OCCCC)cc4)cc3)cc2)cc1. The van der Waals surface area contributed by atoms with Crippen LogP contribution in [0.15, 0.2) is 97.1 Å². The van der Waals surface area contributed by atoms with Gasteiger partial charge in [-0.25, -0.2) is 9.59 Å². The largest absolute Gasteiger partial charge is 0.494 e. The van der Waals surface area contributed by atoms with Crippen molar-refractivity contribution in [2.75, 3.05) is 13.2 Å². The van der Waals surface area contributed by atoms with E-state index in [1.165, 1.54) is 30.4 Å². The van der Waals surface area contributed by atoms with Crippen molar-refractivity contribution in [3.63, 3.8) is 0 Å². The number of aryl methyl sites for hydroxylation is 2. The molecule has 0 aliphatic carbocycles. The summed E-state index contributed by atoms with van der Waals surface area (Å²) in [5.74, 6) is 1.87. The quantitative estimate of drug-likeness (QED) is 0.0546. The van der Waals surface area contributed by atoms with E-state index < -0.39 is 0 Å². The van der Waals surface area contributed by atoms with Gasteiger partial charge in [0.1, 0.15) is 23.0 Å². The van der Waals surface area contributed by atoms with E-state index in [9.17, 15) is 9.59 Å². The Bertz CT molecular complexity index is 1360. The van der Waals surface area contributed by atoms with Crippen molar-refractivity contribution in [3.05, 3.63) is 119 Å². The molecule has 0 aliphatic rings. The average molecular weight is 637 g/mol. The van der Waals surface area contributed by atoms with Crippen LogP contribution in [-0.2, 0) is 12.8 Å². The molecule has 0 aromatic heterocycles. The van der Waals surface area contributed by atoms with Gasteiger partial charge in [0, 0.05) is 0 Å². The van der Waals surface area contributed by atoms with Gasteiger partial charge < -0.3 is 18.9 Å². The summed E-state index contributed by atoms with van der Waals surface area (Å²) in [7, 11) is 0. The number of unbranched alkanes of at least 4 members (excludes halogenated alkanes) is 6. The van der Waals surface area contributed by atoms with Crippen LogP contribution in [0.1, 0.15) is 103 Å². The van der Waals surface area contributed by atoms with E-state index >= 15 is 0 Å². The third kappa shape index (κ3) is 12.6. The molecule has 4 aromatic rings. The number of rotatable bonds is 20. The highest BCUT2D eigenvalue weighted by molar-refractivity contribution is 5.91. The second-order valence-electron chi connectivity index (χ2n) is 11.8. The number of hydrogen-bond acceptors (Lipinski definition) is 6. The van der Waals surface area contributed by atoms with Gasteiger partial charge in [-0.05, 0) is 122 Å². The lowest BCUT2D eigenvalue weighted by molar-refractivity contribution is 0.0725. The van der Waals surface area contributed by atoms with Gasteiger partial charge >= 0.3 is 11.9 Å². The van der Waals surface area contributed by atoms with Crippen molar-refractivity contribution in [3.8, 4) is 23.0 Å². The number of carbonyl (C=O) groups is 2. The highest BCUT2D eigenvalue weighted by atomic mass is 16.5. The van der Waals surface area contributed by atoms with Gasteiger partial charge in [0.25, 0.3) is 0 Å². The van der Waals surface area contributed by atoms with Gasteiger partial charge in [0.05, 0.1) is 24.3 Å². The Morgan fingerprint density at radius 3 is 1.13 bits per heavy atom. The molecule has 248 valence electrons. The fourth-order valence-corrected chi connectivity index (χ4v) is 5.01. The first kappa shape index (κ1) is 35.3. The normalized spacial score (nSPS) is 10.8. The summed E-state index contributed by atoms with van der Waals surface area (Å²) in [5.41, 5.74) is 3.49. The number of carbonyl (C=O) groups excluding carboxylic acids is 2. The molecule has 0 N–H and O–H groups in total. The predicted octanol–water partition coefficient (Wildman–Crippen LogP) is 10.2. The minimum absolute atomic E-state index is 0.372. The van der Waals surface area contributed by atoms with Crippen LogP contribution in [0.25, 0.3) is 0 Å². The van der Waals surface area contributed by atoms with Gasteiger partial charge in [-0.3, -0.25) is 0 Å². The molecule has 0 saturated heterocycles. The summed E-state index contributed by atoms with van der Waals surface area (Å²) in [6.07, 6.45) is 12.0. The molecule has 0 heterocycles. The molecule has 0 spiro atoms. The van der Waals surface area contributed by atoms with E-state index in [0.717, 1.165) is 62.9 Å². The molecule has 6 nitrogen and oxygen atoms in total. The van der Waals surface area contributed by atoms with Gasteiger partial charge in [0.2, 0.25) is 0 Å². The Hall–Kier alpha value is -4.58. The maximum absolute atomic E-state index is 12.5. The van der Waals surface area contributed by atoms with E-state index in [2.05, 4.69) is 13.8 Å². The van der Waals surface area contributed by atoms with E-state index in [1.54, 1.807) is 48.5 Å². The summed E-state index contributed by atoms with van der Waals surface area (Å²) in [5, 5.41) is 0. The minimum atomic E-state index is -0.372. The van der Waals surface area contributed by atoms with Crippen molar-refractivity contribution in [1.82, 2.24) is 0 Å². The second kappa shape index (κ2) is 19.8. The molecule has 0 amide bonds. The second-order valence-corrected chi connectivity index (χ2v) is 11.8. The maximum atomic E-state index is 12.5. The Balaban J connectivity index is 1.07. The highest BCUT2D eigenvalue weighted by Gasteiger charge is 2.10. The molecule has 0 fully saturated rings. The Morgan fingerprint density at radius 1 is 0.426 bits per heavy atom. The van der Waals surface area contributed by atoms with Gasteiger partial charge in [-0.15, -0.1) is 0 Å².